The van der Waals surface area contributed by atoms with E-state index in [1.54, 1.807) is 0 Å². The summed E-state index contributed by atoms with van der Waals surface area (Å²) >= 11 is 0. The molecule has 3 rings (SSSR count). The number of oxime groups is 1. The minimum atomic E-state index is 0.537. The number of nitrogens with one attached hydrogen (secondary N) is 1. The first-order valence-electron chi connectivity index (χ1n) is 6.56. The second-order valence-corrected chi connectivity index (χ2v) is 5.34. The van der Waals surface area contributed by atoms with Crippen molar-refractivity contribution >= 4 is 16.6 Å². The van der Waals surface area contributed by atoms with Crippen LogP contribution in [0.3, 0.4) is 0 Å². The lowest BCUT2D eigenvalue weighted by atomic mass is 9.92. The van der Waals surface area contributed by atoms with E-state index in [2.05, 4.69) is 42.2 Å². The van der Waals surface area contributed by atoms with Crippen molar-refractivity contribution in [1.82, 2.24) is 4.98 Å². The summed E-state index contributed by atoms with van der Waals surface area (Å²) in [5.41, 5.74) is 5.63. The van der Waals surface area contributed by atoms with Gasteiger partial charge in [0.15, 0.2) is 0 Å². The van der Waals surface area contributed by atoms with Crippen molar-refractivity contribution in [3.05, 3.63) is 35.0 Å². The molecule has 1 aliphatic carbocycles. The van der Waals surface area contributed by atoms with E-state index in [-0.39, 0.29) is 0 Å². The smallest absolute Gasteiger partial charge is 0.103 e. The van der Waals surface area contributed by atoms with Crippen LogP contribution in [0.25, 0.3) is 10.9 Å². The number of fused-ring (bicyclic) bond motifs is 3. The highest BCUT2D eigenvalue weighted by Gasteiger charge is 2.21. The fraction of sp³-hybridized carbons (Fsp3) is 0.400. The summed E-state index contributed by atoms with van der Waals surface area (Å²) in [5, 5.41) is 13.8. The van der Waals surface area contributed by atoms with E-state index >= 15 is 0 Å². The van der Waals surface area contributed by atoms with Crippen LogP contribution in [-0.4, -0.2) is 15.9 Å². The van der Waals surface area contributed by atoms with Crippen LogP contribution >= 0.6 is 0 Å². The van der Waals surface area contributed by atoms with Gasteiger partial charge in [-0.2, -0.15) is 0 Å². The zero-order valence-corrected chi connectivity index (χ0v) is 10.8. The van der Waals surface area contributed by atoms with Gasteiger partial charge in [0.05, 0.1) is 5.69 Å². The van der Waals surface area contributed by atoms with E-state index in [4.69, 9.17) is 5.21 Å². The lowest BCUT2D eigenvalue weighted by molar-refractivity contribution is 0.317. The maximum absolute atomic E-state index is 9.07. The minimum absolute atomic E-state index is 0.537. The van der Waals surface area contributed by atoms with E-state index in [0.29, 0.717) is 5.92 Å². The number of aromatic nitrogens is 1. The number of rotatable bonds is 1. The molecule has 0 spiro atoms. The molecule has 1 aromatic heterocycles. The third-order valence-electron chi connectivity index (χ3n) is 3.85. The third kappa shape index (κ3) is 1.62. The van der Waals surface area contributed by atoms with Crippen molar-refractivity contribution in [3.63, 3.8) is 0 Å². The molecule has 18 heavy (non-hydrogen) atoms. The molecule has 3 nitrogen and oxygen atoms in total. The third-order valence-corrected chi connectivity index (χ3v) is 3.85. The predicted molar refractivity (Wildman–Crippen MR) is 73.6 cm³/mol. The Bertz CT molecular complexity index is 623. The van der Waals surface area contributed by atoms with Crippen LogP contribution in [0, 0.1) is 0 Å². The van der Waals surface area contributed by atoms with Gasteiger partial charge in [0.2, 0.25) is 0 Å². The summed E-state index contributed by atoms with van der Waals surface area (Å²) in [6.07, 6.45) is 2.98. The van der Waals surface area contributed by atoms with Crippen LogP contribution in [0.1, 0.15) is 49.4 Å². The van der Waals surface area contributed by atoms with E-state index in [1.165, 1.54) is 16.5 Å². The number of hydrogen-bond acceptors (Lipinski definition) is 2. The summed E-state index contributed by atoms with van der Waals surface area (Å²) in [6, 6.07) is 6.58. The molecule has 94 valence electrons. The van der Waals surface area contributed by atoms with Gasteiger partial charge in [0, 0.05) is 10.9 Å². The summed E-state index contributed by atoms with van der Waals surface area (Å²) in [5.74, 6) is 0.537. The van der Waals surface area contributed by atoms with Gasteiger partial charge in [0.1, 0.15) is 5.71 Å². The van der Waals surface area contributed by atoms with E-state index in [9.17, 15) is 0 Å². The van der Waals surface area contributed by atoms with Crippen molar-refractivity contribution in [2.75, 3.05) is 0 Å². The number of aryl methyl sites for hydroxylation is 1. The van der Waals surface area contributed by atoms with Crippen molar-refractivity contribution in [2.24, 2.45) is 5.16 Å². The summed E-state index contributed by atoms with van der Waals surface area (Å²) in [6.45, 7) is 4.42. The topological polar surface area (TPSA) is 48.4 Å². The highest BCUT2D eigenvalue weighted by Crippen LogP contribution is 2.31. The van der Waals surface area contributed by atoms with Gasteiger partial charge < -0.3 is 10.2 Å². The van der Waals surface area contributed by atoms with Crippen LogP contribution in [0.2, 0.25) is 0 Å². The van der Waals surface area contributed by atoms with Gasteiger partial charge in [-0.05, 0) is 48.4 Å². The molecular formula is C15H18N2O. The molecule has 1 heterocycles. The predicted octanol–water partition coefficient (Wildman–Crippen LogP) is 3.81. The quantitative estimate of drug-likeness (QED) is 0.580. The van der Waals surface area contributed by atoms with E-state index in [0.717, 1.165) is 36.2 Å². The number of hydrogen-bond donors (Lipinski definition) is 2. The number of aromatic amines is 1. The molecule has 0 unspecified atom stereocenters. The van der Waals surface area contributed by atoms with Gasteiger partial charge >= 0.3 is 0 Å². The van der Waals surface area contributed by atoms with Crippen molar-refractivity contribution < 1.29 is 5.21 Å². The molecule has 0 radical (unpaired) electrons. The Morgan fingerprint density at radius 3 is 2.83 bits per heavy atom. The first-order valence-corrected chi connectivity index (χ1v) is 6.56. The Balaban J connectivity index is 2.24. The highest BCUT2D eigenvalue weighted by atomic mass is 16.4. The Hall–Kier alpha value is -1.77. The summed E-state index contributed by atoms with van der Waals surface area (Å²) < 4.78 is 0. The van der Waals surface area contributed by atoms with Gasteiger partial charge in [-0.15, -0.1) is 0 Å². The van der Waals surface area contributed by atoms with Crippen LogP contribution in [0.5, 0.6) is 0 Å². The molecular weight excluding hydrogens is 224 g/mol. The molecule has 0 aliphatic heterocycles. The fourth-order valence-corrected chi connectivity index (χ4v) is 2.79. The monoisotopic (exact) mass is 242 g/mol. The summed E-state index contributed by atoms with van der Waals surface area (Å²) in [7, 11) is 0. The largest absolute Gasteiger partial charge is 0.411 e. The highest BCUT2D eigenvalue weighted by molar-refractivity contribution is 6.06. The Morgan fingerprint density at radius 1 is 1.28 bits per heavy atom. The maximum Gasteiger partial charge on any atom is 0.103 e. The first kappa shape index (κ1) is 11.3. The molecule has 0 atom stereocenters. The van der Waals surface area contributed by atoms with Gasteiger partial charge in [0.25, 0.3) is 0 Å². The van der Waals surface area contributed by atoms with Crippen LogP contribution in [0.4, 0.5) is 0 Å². The van der Waals surface area contributed by atoms with Crippen molar-refractivity contribution in [2.45, 2.75) is 39.0 Å². The number of H-pyrrole nitrogens is 1. The van der Waals surface area contributed by atoms with Crippen molar-refractivity contribution in [1.29, 1.82) is 0 Å². The molecule has 2 aromatic rings. The maximum atomic E-state index is 9.07. The van der Waals surface area contributed by atoms with Gasteiger partial charge in [-0.25, -0.2) is 0 Å². The number of nitrogens with zero attached hydrogens (tertiary/aromatic N) is 1. The molecule has 0 saturated heterocycles. The molecule has 3 heteroatoms. The molecule has 0 fully saturated rings. The van der Waals surface area contributed by atoms with Gasteiger partial charge in [-0.3, -0.25) is 0 Å². The van der Waals surface area contributed by atoms with Crippen LogP contribution in [0.15, 0.2) is 23.4 Å². The Morgan fingerprint density at radius 2 is 2.11 bits per heavy atom. The number of benzene rings is 1. The fourth-order valence-electron chi connectivity index (χ4n) is 2.79. The lowest BCUT2D eigenvalue weighted by Gasteiger charge is -2.12. The Kier molecular flexibility index (Phi) is 2.62. The van der Waals surface area contributed by atoms with Crippen LogP contribution < -0.4 is 0 Å². The normalized spacial score (nSPS) is 17.6. The second kappa shape index (κ2) is 4.16. The van der Waals surface area contributed by atoms with Crippen molar-refractivity contribution in [3.8, 4) is 0 Å². The Labute approximate surface area is 107 Å². The average Bonchev–Trinajstić information content (AvgIpc) is 2.76. The standard InChI is InChI=1S/C15H18N2O/c1-9(2)10-6-7-13-12(8-10)11-4-3-5-14(17-18)15(11)16-13/h6-9,16,18H,3-5H2,1-2H3/b17-14+. The van der Waals surface area contributed by atoms with E-state index < -0.39 is 0 Å². The van der Waals surface area contributed by atoms with Gasteiger partial charge in [-0.1, -0.05) is 25.1 Å². The summed E-state index contributed by atoms with van der Waals surface area (Å²) in [4.78, 5) is 3.39. The molecule has 1 aliphatic rings. The first-order chi connectivity index (χ1) is 8.70. The van der Waals surface area contributed by atoms with Crippen LogP contribution in [-0.2, 0) is 6.42 Å². The lowest BCUT2D eigenvalue weighted by Crippen LogP contribution is -2.11. The molecule has 1 aromatic carbocycles. The molecule has 0 saturated carbocycles. The molecule has 2 N–H and O–H groups in total. The SMILES string of the molecule is CC(C)c1ccc2[nH]c3c(c2c1)CCC/C3=N\O. The minimum Gasteiger partial charge on any atom is -0.411 e. The molecule has 0 bridgehead atoms. The average molecular weight is 242 g/mol. The zero-order valence-electron chi connectivity index (χ0n) is 10.8. The molecule has 0 amide bonds. The van der Waals surface area contributed by atoms with E-state index in [1.807, 2.05) is 0 Å². The zero-order chi connectivity index (χ0) is 12.7. The second-order valence-electron chi connectivity index (χ2n) is 5.34.